The summed E-state index contributed by atoms with van der Waals surface area (Å²) in [6.45, 7) is 24.3. The first-order valence-corrected chi connectivity index (χ1v) is 29.1. The molecule has 2 aliphatic carbocycles. The summed E-state index contributed by atoms with van der Waals surface area (Å²) in [6.07, 6.45) is 5.39. The van der Waals surface area contributed by atoms with E-state index in [2.05, 4.69) is 209 Å². The Morgan fingerprint density at radius 2 is 0.862 bits per heavy atom. The summed E-state index contributed by atoms with van der Waals surface area (Å²) in [5.41, 5.74) is 20.9. The van der Waals surface area contributed by atoms with E-state index in [1.54, 1.807) is 36.0 Å². The number of fused-ring (bicyclic) bond motifs is 5. The van der Waals surface area contributed by atoms with E-state index in [-0.39, 0.29) is 10.8 Å². The predicted molar refractivity (Wildman–Crippen MR) is 252 cm³/mol. The monoisotopic (exact) mass is 939 g/mol. The first-order chi connectivity index (χ1) is 27.7. The van der Waals surface area contributed by atoms with Crippen LogP contribution in [0.15, 0.2) is 139 Å². The van der Waals surface area contributed by atoms with Crippen molar-refractivity contribution in [3.63, 3.8) is 0 Å². The average Bonchev–Trinajstić information content (AvgIpc) is 3.91. The fourth-order valence-electron chi connectivity index (χ4n) is 10.6. The van der Waals surface area contributed by atoms with Gasteiger partial charge in [0.25, 0.3) is 0 Å². The van der Waals surface area contributed by atoms with Crippen LogP contribution in [0.5, 0.6) is 0 Å². The van der Waals surface area contributed by atoms with Gasteiger partial charge < -0.3 is 0 Å². The second kappa shape index (κ2) is 14.9. The number of benzene rings is 6. The molecule has 0 nitrogen and oxygen atoms in total. The van der Waals surface area contributed by atoms with Gasteiger partial charge >= 0.3 is 361 Å². The maximum absolute atomic E-state index is 3.27. The van der Waals surface area contributed by atoms with Crippen LogP contribution < -0.4 is 13.7 Å². The summed E-state index contributed by atoms with van der Waals surface area (Å²) >= 11 is -3.27. The fourth-order valence-corrected chi connectivity index (χ4v) is 31.7. The minimum absolute atomic E-state index is 0.0118. The van der Waals surface area contributed by atoms with E-state index < -0.39 is 31.0 Å². The van der Waals surface area contributed by atoms with Crippen molar-refractivity contribution in [2.45, 2.75) is 88.4 Å². The Morgan fingerprint density at radius 1 is 0.448 bits per heavy atom. The number of allylic oxidation sites excluding steroid dienone is 2. The fraction of sp³-hybridized carbons (Fsp3) is 0.286. The van der Waals surface area contributed by atoms with Crippen molar-refractivity contribution >= 4 is 35.4 Å². The Labute approximate surface area is 358 Å². The van der Waals surface area contributed by atoms with Crippen molar-refractivity contribution in [3.8, 4) is 33.4 Å². The summed E-state index contributed by atoms with van der Waals surface area (Å²) in [7, 11) is -0.653. The van der Waals surface area contributed by atoms with Gasteiger partial charge in [0.2, 0.25) is 0 Å². The molecule has 0 radical (unpaired) electrons. The van der Waals surface area contributed by atoms with Gasteiger partial charge in [-0.25, -0.2) is 0 Å². The molecule has 291 valence electrons. The van der Waals surface area contributed by atoms with Gasteiger partial charge in [-0.1, -0.05) is 0 Å². The third-order valence-electron chi connectivity index (χ3n) is 13.4. The Hall–Kier alpha value is -4.11. The van der Waals surface area contributed by atoms with Crippen LogP contribution in [0.2, 0.25) is 0 Å². The van der Waals surface area contributed by atoms with Crippen LogP contribution >= 0.6 is 0 Å². The van der Waals surface area contributed by atoms with Gasteiger partial charge in [0.15, 0.2) is 0 Å². The molecule has 2 heteroatoms. The number of hydrogen-bond acceptors (Lipinski definition) is 0. The molecular weight excluding hydrogens is 879 g/mol. The topological polar surface area (TPSA) is 0 Å². The SMILES string of the molecule is CC(C)c1ccccc1-c1cccc2c1C=C(C(C)(C)C)[CH]2[Hf]([c]1cccc2c1[SiH2]c1ccccc1-2)[CH]1C(C(C)(C)C)=Cc2c(-c3ccccc3C(C)C)cccc21. The number of rotatable bonds is 7. The molecular formula is C56H59HfSi. The zero-order valence-corrected chi connectivity index (χ0v) is 41.3. The molecule has 0 saturated heterocycles. The molecule has 0 aromatic heterocycles. The molecule has 1 aliphatic heterocycles. The second-order valence-corrected chi connectivity index (χ2v) is 31.0. The third-order valence-corrected chi connectivity index (χ3v) is 29.6. The van der Waals surface area contributed by atoms with E-state index >= 15 is 0 Å². The van der Waals surface area contributed by atoms with Crippen molar-refractivity contribution in [2.24, 2.45) is 10.8 Å². The van der Waals surface area contributed by atoms with Gasteiger partial charge in [0, 0.05) is 0 Å². The molecule has 0 spiro atoms. The first-order valence-electron chi connectivity index (χ1n) is 21.7. The molecule has 9 rings (SSSR count). The van der Waals surface area contributed by atoms with Crippen LogP contribution in [-0.2, 0) is 21.4 Å². The van der Waals surface area contributed by atoms with Crippen molar-refractivity contribution in [2.75, 3.05) is 0 Å². The van der Waals surface area contributed by atoms with Crippen molar-refractivity contribution < 1.29 is 21.4 Å². The zero-order chi connectivity index (χ0) is 40.7. The predicted octanol–water partition coefficient (Wildman–Crippen LogP) is 13.0. The van der Waals surface area contributed by atoms with Crippen molar-refractivity contribution in [1.82, 2.24) is 0 Å². The molecule has 58 heavy (non-hydrogen) atoms. The molecule has 6 aromatic carbocycles. The summed E-state index contributed by atoms with van der Waals surface area (Å²) in [4.78, 5) is 0. The standard InChI is InChI=1S/2C22H25.C12H9Si.Hf/c2*1-15(2)18-10-6-7-11-19(18)20-12-8-9-16-13-17(14-21(16)20)22(3,4)5;1-3-7-11-9(5-1)10-6-2-4-8-12(10)13-11;/h2*6-15H,1-5H3;1-7H,13H2;. The normalized spacial score (nSPS) is 17.3. The van der Waals surface area contributed by atoms with Crippen LogP contribution in [0.1, 0.15) is 122 Å². The van der Waals surface area contributed by atoms with E-state index in [0.29, 0.717) is 19.2 Å². The molecule has 6 aromatic rings. The summed E-state index contributed by atoms with van der Waals surface area (Å²) < 4.78 is 2.62. The van der Waals surface area contributed by atoms with Crippen molar-refractivity contribution in [3.05, 3.63) is 172 Å². The molecule has 2 unspecified atom stereocenters. The number of hydrogen-bond donors (Lipinski definition) is 0. The average molecular weight is 939 g/mol. The molecule has 0 N–H and O–H groups in total. The molecule has 3 aliphatic rings. The summed E-state index contributed by atoms with van der Waals surface area (Å²) in [5.74, 6) is 0.899. The van der Waals surface area contributed by atoms with Gasteiger partial charge in [0.1, 0.15) is 0 Å². The summed E-state index contributed by atoms with van der Waals surface area (Å²) in [6, 6.07) is 50.0. The van der Waals surface area contributed by atoms with Crippen LogP contribution in [0.25, 0.3) is 45.5 Å². The molecule has 1 heterocycles. The molecule has 2 atom stereocenters. The summed E-state index contributed by atoms with van der Waals surface area (Å²) in [5, 5.41) is 3.37. The minimum atomic E-state index is -3.27. The second-order valence-electron chi connectivity index (χ2n) is 19.8. The molecule has 0 saturated carbocycles. The van der Waals surface area contributed by atoms with Crippen LogP contribution in [0.3, 0.4) is 0 Å². The van der Waals surface area contributed by atoms with Crippen LogP contribution in [0, 0.1) is 10.8 Å². The first kappa shape index (κ1) is 39.4. The van der Waals surface area contributed by atoms with Crippen molar-refractivity contribution in [1.29, 1.82) is 0 Å². The quantitative estimate of drug-likeness (QED) is 0.140. The molecule has 0 amide bonds. The van der Waals surface area contributed by atoms with E-state index in [9.17, 15) is 0 Å². The van der Waals surface area contributed by atoms with Crippen LogP contribution in [0.4, 0.5) is 0 Å². The van der Waals surface area contributed by atoms with Crippen LogP contribution in [-0.4, -0.2) is 9.52 Å². The van der Waals surface area contributed by atoms with Gasteiger partial charge in [-0.2, -0.15) is 0 Å². The Bertz CT molecular complexity index is 2500. The maximum atomic E-state index is 2.69. The Kier molecular flexibility index (Phi) is 10.1. The Balaban J connectivity index is 1.35. The zero-order valence-electron chi connectivity index (χ0n) is 36.3. The van der Waals surface area contributed by atoms with Gasteiger partial charge in [0.05, 0.1) is 0 Å². The molecule has 0 bridgehead atoms. The van der Waals surface area contributed by atoms with E-state index in [1.165, 1.54) is 55.6 Å². The van der Waals surface area contributed by atoms with Gasteiger partial charge in [-0.15, -0.1) is 0 Å². The van der Waals surface area contributed by atoms with E-state index in [1.807, 2.05) is 0 Å². The van der Waals surface area contributed by atoms with Gasteiger partial charge in [-0.3, -0.25) is 0 Å². The van der Waals surface area contributed by atoms with E-state index in [4.69, 9.17) is 0 Å². The van der Waals surface area contributed by atoms with Gasteiger partial charge in [-0.05, 0) is 0 Å². The van der Waals surface area contributed by atoms with E-state index in [0.717, 1.165) is 0 Å². The Morgan fingerprint density at radius 3 is 1.34 bits per heavy atom. The molecule has 0 fully saturated rings. The third kappa shape index (κ3) is 6.58.